The Labute approximate surface area is 84.2 Å². The number of rotatable bonds is 7. The fourth-order valence-corrected chi connectivity index (χ4v) is 0.808. The molecule has 0 bridgehead atoms. The van der Waals surface area contributed by atoms with E-state index >= 15 is 0 Å². The second kappa shape index (κ2) is 9.25. The normalized spacial score (nSPS) is 9.83. The lowest BCUT2D eigenvalue weighted by molar-refractivity contribution is 0.0551. The first-order valence-corrected chi connectivity index (χ1v) is 4.75. The summed E-state index contributed by atoms with van der Waals surface area (Å²) in [5.41, 5.74) is 0. The molecule has 0 saturated carbocycles. The molecule has 0 radical (unpaired) electrons. The molecular weight excluding hydrogens is 194 g/mol. The highest BCUT2D eigenvalue weighted by Gasteiger charge is 1.89. The van der Waals surface area contributed by atoms with Crippen LogP contribution in [0, 0.1) is 0 Å². The number of hydrogen-bond donors (Lipinski definition) is 2. The Morgan fingerprint density at radius 1 is 1.33 bits per heavy atom. The summed E-state index contributed by atoms with van der Waals surface area (Å²) in [6.07, 6.45) is 0. The van der Waals surface area contributed by atoms with E-state index < -0.39 is 0 Å². The van der Waals surface area contributed by atoms with Gasteiger partial charge in [-0.2, -0.15) is 0 Å². The lowest BCUT2D eigenvalue weighted by atomic mass is 10.7. The molecule has 0 aromatic heterocycles. The van der Waals surface area contributed by atoms with Crippen LogP contribution in [0.3, 0.4) is 0 Å². The molecule has 0 amide bonds. The summed E-state index contributed by atoms with van der Waals surface area (Å²) in [6, 6.07) is 0. The van der Waals surface area contributed by atoms with Crippen molar-refractivity contribution in [3.8, 4) is 0 Å². The maximum Gasteiger partial charge on any atom is 0.130 e. The van der Waals surface area contributed by atoms with Crippen molar-refractivity contribution in [3.63, 3.8) is 0 Å². The molecule has 0 aliphatic carbocycles. The molecule has 0 fully saturated rings. The van der Waals surface area contributed by atoms with Gasteiger partial charge in [0, 0.05) is 13.2 Å². The maximum absolute atomic E-state index is 5.21. The van der Waals surface area contributed by atoms with E-state index in [1.54, 1.807) is 0 Å². The number of thiocarbonyl (C=S) groups is 1. The Morgan fingerprint density at radius 2 is 2.00 bits per heavy atom. The second-order valence-corrected chi connectivity index (χ2v) is 3.20. The largest absolute Gasteiger partial charge is 0.379 e. The second-order valence-electron chi connectivity index (χ2n) is 2.04. The summed E-state index contributed by atoms with van der Waals surface area (Å²) in [5, 5.41) is 2.87. The summed E-state index contributed by atoms with van der Waals surface area (Å²) < 4.78 is 10.8. The van der Waals surface area contributed by atoms with Crippen molar-refractivity contribution in [2.45, 2.75) is 6.92 Å². The van der Waals surface area contributed by atoms with Crippen molar-refractivity contribution >= 4 is 29.2 Å². The molecule has 0 rings (SSSR count). The summed E-state index contributed by atoms with van der Waals surface area (Å²) in [4.78, 5) is 0. The van der Waals surface area contributed by atoms with Gasteiger partial charge in [-0.05, 0) is 6.92 Å². The third-order valence-corrected chi connectivity index (χ3v) is 1.40. The van der Waals surface area contributed by atoms with Crippen molar-refractivity contribution in [1.29, 1.82) is 0 Å². The minimum absolute atomic E-state index is 0.503. The van der Waals surface area contributed by atoms with Crippen LogP contribution in [-0.4, -0.2) is 37.3 Å². The SMILES string of the molecule is CCOCCOCCNC(=S)S. The predicted octanol–water partition coefficient (Wildman–Crippen LogP) is 0.844. The van der Waals surface area contributed by atoms with Crippen LogP contribution in [0.5, 0.6) is 0 Å². The van der Waals surface area contributed by atoms with E-state index in [9.17, 15) is 0 Å². The smallest absolute Gasteiger partial charge is 0.130 e. The quantitative estimate of drug-likeness (QED) is 0.370. The van der Waals surface area contributed by atoms with Gasteiger partial charge in [-0.25, -0.2) is 0 Å². The average Bonchev–Trinajstić information content (AvgIpc) is 2.02. The Morgan fingerprint density at radius 3 is 2.58 bits per heavy atom. The van der Waals surface area contributed by atoms with E-state index in [2.05, 4.69) is 30.2 Å². The Hall–Kier alpha value is 0.160. The highest BCUT2D eigenvalue weighted by atomic mass is 32.1. The van der Waals surface area contributed by atoms with Gasteiger partial charge in [-0.15, -0.1) is 12.6 Å². The average molecular weight is 209 g/mol. The topological polar surface area (TPSA) is 30.5 Å². The first-order valence-electron chi connectivity index (χ1n) is 3.89. The summed E-state index contributed by atoms with van der Waals surface area (Å²) in [6.45, 7) is 5.32. The Bertz CT molecular complexity index is 122. The van der Waals surface area contributed by atoms with Crippen LogP contribution in [0.2, 0.25) is 0 Å². The zero-order valence-electron chi connectivity index (χ0n) is 7.21. The Kier molecular flexibility index (Phi) is 9.37. The molecule has 0 aliphatic heterocycles. The maximum atomic E-state index is 5.21. The summed E-state index contributed by atoms with van der Waals surface area (Å²) in [5.74, 6) is 0. The molecule has 0 aliphatic rings. The molecule has 0 saturated heterocycles. The molecule has 72 valence electrons. The molecule has 0 atom stereocenters. The van der Waals surface area contributed by atoms with E-state index in [4.69, 9.17) is 9.47 Å². The fourth-order valence-electron chi connectivity index (χ4n) is 0.594. The van der Waals surface area contributed by atoms with Crippen LogP contribution >= 0.6 is 24.8 Å². The lowest BCUT2D eigenvalue weighted by Crippen LogP contribution is -2.22. The molecule has 0 spiro atoms. The number of nitrogens with one attached hydrogen (secondary N) is 1. The first kappa shape index (κ1) is 12.2. The van der Waals surface area contributed by atoms with Gasteiger partial charge in [0.05, 0.1) is 19.8 Å². The van der Waals surface area contributed by atoms with Gasteiger partial charge >= 0.3 is 0 Å². The lowest BCUT2D eigenvalue weighted by Gasteiger charge is -2.04. The van der Waals surface area contributed by atoms with Crippen molar-refractivity contribution in [2.75, 3.05) is 33.0 Å². The monoisotopic (exact) mass is 209 g/mol. The molecule has 3 nitrogen and oxygen atoms in total. The molecule has 0 unspecified atom stereocenters. The van der Waals surface area contributed by atoms with E-state index in [1.165, 1.54) is 0 Å². The van der Waals surface area contributed by atoms with Crippen molar-refractivity contribution < 1.29 is 9.47 Å². The molecule has 0 aromatic carbocycles. The number of hydrogen-bond acceptors (Lipinski definition) is 3. The van der Waals surface area contributed by atoms with Crippen LogP contribution in [0.4, 0.5) is 0 Å². The minimum atomic E-state index is 0.503. The molecule has 5 heteroatoms. The standard InChI is InChI=1S/C7H15NO2S2/c1-2-9-5-6-10-4-3-8-7(11)12/h2-6H2,1H3,(H2,8,11,12). The highest BCUT2D eigenvalue weighted by molar-refractivity contribution is 8.11. The van der Waals surface area contributed by atoms with Gasteiger partial charge in [-0.1, -0.05) is 12.2 Å². The molecule has 0 aromatic rings. The predicted molar refractivity (Wildman–Crippen MR) is 56.9 cm³/mol. The van der Waals surface area contributed by atoms with E-state index in [0.29, 0.717) is 30.7 Å². The van der Waals surface area contributed by atoms with Gasteiger partial charge in [0.1, 0.15) is 4.32 Å². The van der Waals surface area contributed by atoms with Crippen LogP contribution < -0.4 is 5.32 Å². The van der Waals surface area contributed by atoms with Crippen LogP contribution in [0.25, 0.3) is 0 Å². The van der Waals surface area contributed by atoms with Crippen LogP contribution in [0.15, 0.2) is 0 Å². The van der Waals surface area contributed by atoms with E-state index in [1.807, 2.05) is 6.92 Å². The van der Waals surface area contributed by atoms with Crippen LogP contribution in [-0.2, 0) is 9.47 Å². The van der Waals surface area contributed by atoms with Crippen molar-refractivity contribution in [2.24, 2.45) is 0 Å². The first-order chi connectivity index (χ1) is 5.77. The zero-order valence-corrected chi connectivity index (χ0v) is 8.92. The van der Waals surface area contributed by atoms with Gasteiger partial charge in [-0.3, -0.25) is 0 Å². The van der Waals surface area contributed by atoms with Gasteiger partial charge in [0.2, 0.25) is 0 Å². The van der Waals surface area contributed by atoms with Gasteiger partial charge in [0.15, 0.2) is 0 Å². The van der Waals surface area contributed by atoms with E-state index in [0.717, 1.165) is 6.61 Å². The molecule has 12 heavy (non-hydrogen) atoms. The summed E-state index contributed by atoms with van der Waals surface area (Å²) in [7, 11) is 0. The summed E-state index contributed by atoms with van der Waals surface area (Å²) >= 11 is 8.58. The third-order valence-electron chi connectivity index (χ3n) is 1.10. The number of thiol groups is 1. The minimum Gasteiger partial charge on any atom is -0.379 e. The molecular formula is C7H15NO2S2. The van der Waals surface area contributed by atoms with E-state index in [-0.39, 0.29) is 0 Å². The molecule has 0 heterocycles. The van der Waals surface area contributed by atoms with Gasteiger partial charge in [0.25, 0.3) is 0 Å². The third kappa shape index (κ3) is 10.2. The van der Waals surface area contributed by atoms with Crippen LogP contribution in [0.1, 0.15) is 6.92 Å². The molecule has 1 N–H and O–H groups in total. The van der Waals surface area contributed by atoms with Gasteiger partial charge < -0.3 is 14.8 Å². The zero-order chi connectivity index (χ0) is 9.23. The van der Waals surface area contributed by atoms with Crippen molar-refractivity contribution in [3.05, 3.63) is 0 Å². The Balaban J connectivity index is 2.86. The number of ether oxygens (including phenoxy) is 2. The fraction of sp³-hybridized carbons (Fsp3) is 0.857. The van der Waals surface area contributed by atoms with Crippen molar-refractivity contribution in [1.82, 2.24) is 5.32 Å². The highest BCUT2D eigenvalue weighted by Crippen LogP contribution is 1.79.